The van der Waals surface area contributed by atoms with Gasteiger partial charge in [0.05, 0.1) is 19.4 Å². The fourth-order valence-corrected chi connectivity index (χ4v) is 4.04. The Kier molecular flexibility index (Phi) is 2.20. The van der Waals surface area contributed by atoms with Crippen molar-refractivity contribution in [2.75, 3.05) is 7.11 Å². The van der Waals surface area contributed by atoms with Gasteiger partial charge in [-0.25, -0.2) is 4.79 Å². The molecule has 1 N–H and O–H groups in total. The lowest BCUT2D eigenvalue weighted by molar-refractivity contribution is -0.136. The van der Waals surface area contributed by atoms with Gasteiger partial charge in [-0.15, -0.1) is 0 Å². The van der Waals surface area contributed by atoms with Crippen LogP contribution in [0.2, 0.25) is 0 Å². The Morgan fingerprint density at radius 2 is 2.22 bits per heavy atom. The van der Waals surface area contributed by atoms with Crippen molar-refractivity contribution in [2.45, 2.75) is 39.7 Å². The summed E-state index contributed by atoms with van der Waals surface area (Å²) in [6.45, 7) is 6.96. The average molecular weight is 248 g/mol. The smallest absolute Gasteiger partial charge is 0.355 e. The minimum absolute atomic E-state index is 0.171. The van der Waals surface area contributed by atoms with Crippen LogP contribution in [-0.4, -0.2) is 24.8 Å². The van der Waals surface area contributed by atoms with Crippen molar-refractivity contribution in [3.8, 4) is 0 Å². The van der Waals surface area contributed by atoms with Crippen LogP contribution in [0.25, 0.3) is 0 Å². The first-order chi connectivity index (χ1) is 8.41. The molecule has 0 aromatic heterocycles. The number of rotatable bonds is 1. The van der Waals surface area contributed by atoms with Crippen molar-refractivity contribution >= 4 is 11.7 Å². The number of hydrogen-bond donors (Lipinski definition) is 1. The lowest BCUT2D eigenvalue weighted by Crippen LogP contribution is -2.50. The van der Waals surface area contributed by atoms with E-state index in [1.165, 1.54) is 25.7 Å². The van der Waals surface area contributed by atoms with E-state index in [0.29, 0.717) is 11.6 Å². The third kappa shape index (κ3) is 1.16. The largest absolute Gasteiger partial charge is 0.464 e. The van der Waals surface area contributed by atoms with E-state index in [9.17, 15) is 4.79 Å². The zero-order valence-corrected chi connectivity index (χ0v) is 11.4. The Labute approximate surface area is 107 Å². The number of esters is 1. The summed E-state index contributed by atoms with van der Waals surface area (Å²) in [4.78, 5) is 16.2. The molecule has 4 heteroatoms. The molecule has 2 saturated carbocycles. The second-order valence-corrected chi connectivity index (χ2v) is 6.40. The number of carbonyl (C=O) groups is 1. The fourth-order valence-electron chi connectivity index (χ4n) is 4.04. The highest BCUT2D eigenvalue weighted by Gasteiger charge is 2.65. The molecule has 18 heavy (non-hydrogen) atoms. The van der Waals surface area contributed by atoms with E-state index < -0.39 is 0 Å². The molecule has 3 aliphatic rings. The van der Waals surface area contributed by atoms with Gasteiger partial charge in [-0.05, 0) is 23.7 Å². The van der Waals surface area contributed by atoms with Gasteiger partial charge in [0.1, 0.15) is 5.70 Å². The summed E-state index contributed by atoms with van der Waals surface area (Å²) in [5.74, 6) is 0.206. The number of aliphatic imine (C=N–C) groups is 1. The second kappa shape index (κ2) is 3.37. The summed E-state index contributed by atoms with van der Waals surface area (Å²) in [7, 11) is 1.40. The molecule has 0 aromatic carbocycles. The van der Waals surface area contributed by atoms with Crippen LogP contribution in [0.5, 0.6) is 0 Å². The quantitative estimate of drug-likeness (QED) is 0.721. The molecule has 98 valence electrons. The van der Waals surface area contributed by atoms with E-state index in [2.05, 4.69) is 31.1 Å². The van der Waals surface area contributed by atoms with Gasteiger partial charge in [0.25, 0.3) is 0 Å². The fraction of sp³-hybridized carbons (Fsp3) is 0.714. The molecule has 2 aliphatic carbocycles. The van der Waals surface area contributed by atoms with Gasteiger partial charge in [-0.2, -0.15) is 0 Å². The first-order valence-corrected chi connectivity index (χ1v) is 6.54. The Morgan fingerprint density at radius 1 is 1.50 bits per heavy atom. The van der Waals surface area contributed by atoms with Crippen LogP contribution in [0.15, 0.2) is 16.9 Å². The van der Waals surface area contributed by atoms with Gasteiger partial charge in [0.15, 0.2) is 0 Å². The Hall–Kier alpha value is -1.32. The summed E-state index contributed by atoms with van der Waals surface area (Å²) in [5.41, 5.74) is 2.12. The van der Waals surface area contributed by atoms with E-state index in [0.717, 1.165) is 0 Å². The molecule has 0 spiro atoms. The number of methoxy groups -OCH3 is 1. The molecule has 3 rings (SSSR count). The zero-order chi connectivity index (χ0) is 13.1. The zero-order valence-electron chi connectivity index (χ0n) is 11.4. The van der Waals surface area contributed by atoms with Crippen molar-refractivity contribution in [3.63, 3.8) is 0 Å². The minimum atomic E-state index is -0.332. The van der Waals surface area contributed by atoms with Crippen LogP contribution in [0.4, 0.5) is 0 Å². The van der Waals surface area contributed by atoms with E-state index in [1.807, 2.05) is 0 Å². The molecule has 0 amide bonds. The van der Waals surface area contributed by atoms with Gasteiger partial charge < -0.3 is 10.1 Å². The van der Waals surface area contributed by atoms with Gasteiger partial charge >= 0.3 is 5.97 Å². The van der Waals surface area contributed by atoms with Crippen LogP contribution >= 0.6 is 0 Å². The van der Waals surface area contributed by atoms with Gasteiger partial charge in [-0.1, -0.05) is 20.8 Å². The summed E-state index contributed by atoms with van der Waals surface area (Å²) in [5, 5.41) is 3.35. The molecular formula is C14H20N2O2. The lowest BCUT2D eigenvalue weighted by Gasteiger charge is -2.40. The molecule has 1 aliphatic heterocycles. The molecular weight excluding hydrogens is 228 g/mol. The van der Waals surface area contributed by atoms with E-state index in [1.54, 1.807) is 6.20 Å². The third-order valence-corrected chi connectivity index (χ3v) is 5.63. The maximum absolute atomic E-state index is 11.6. The van der Waals surface area contributed by atoms with Gasteiger partial charge in [-0.3, -0.25) is 4.99 Å². The molecule has 4 nitrogen and oxygen atoms in total. The van der Waals surface area contributed by atoms with Crippen molar-refractivity contribution in [1.29, 1.82) is 0 Å². The number of carbonyl (C=O) groups excluding carboxylic acids is 1. The molecule has 1 heterocycles. The van der Waals surface area contributed by atoms with Crippen molar-refractivity contribution in [3.05, 3.63) is 11.9 Å². The number of nitrogens with one attached hydrogen (secondary N) is 1. The maximum Gasteiger partial charge on any atom is 0.355 e. The van der Waals surface area contributed by atoms with Crippen molar-refractivity contribution < 1.29 is 9.53 Å². The van der Waals surface area contributed by atoms with Crippen LogP contribution in [-0.2, 0) is 9.53 Å². The first-order valence-electron chi connectivity index (χ1n) is 6.54. The number of hydrogen-bond acceptors (Lipinski definition) is 4. The highest BCUT2D eigenvalue weighted by Crippen LogP contribution is 2.64. The second-order valence-electron chi connectivity index (χ2n) is 6.40. The Bertz CT molecular complexity index is 478. The lowest BCUT2D eigenvalue weighted by atomic mass is 9.69. The molecule has 0 saturated heterocycles. The van der Waals surface area contributed by atoms with Gasteiger partial charge in [0.2, 0.25) is 0 Å². The minimum Gasteiger partial charge on any atom is -0.464 e. The predicted octanol–water partition coefficient (Wildman–Crippen LogP) is 1.87. The number of fused-ring (bicyclic) bond motifs is 5. The van der Waals surface area contributed by atoms with Crippen LogP contribution in [0.1, 0.15) is 33.6 Å². The molecule has 0 radical (unpaired) electrons. The maximum atomic E-state index is 11.6. The number of ether oxygens (including phenoxy) is 1. The standard InChI is InChI=1S/C14H20N2O2/c1-13(2)8-5-6-14(13,3)11-10(8)15-7-9(16-11)12(17)18-4/h7-8,11,16H,5-6H2,1-4H3. The van der Waals surface area contributed by atoms with Crippen molar-refractivity contribution in [2.24, 2.45) is 21.7 Å². The van der Waals surface area contributed by atoms with E-state index in [-0.39, 0.29) is 22.8 Å². The summed E-state index contributed by atoms with van der Waals surface area (Å²) in [6.07, 6.45) is 4.02. The summed E-state index contributed by atoms with van der Waals surface area (Å²) >= 11 is 0. The highest BCUT2D eigenvalue weighted by molar-refractivity contribution is 6.00. The average Bonchev–Trinajstić information content (AvgIpc) is 2.69. The number of nitrogens with zero attached hydrogens (tertiary/aromatic N) is 1. The summed E-state index contributed by atoms with van der Waals surface area (Å²) in [6, 6.07) is 0.186. The Morgan fingerprint density at radius 3 is 2.89 bits per heavy atom. The van der Waals surface area contributed by atoms with E-state index in [4.69, 9.17) is 4.74 Å². The molecule has 3 atom stereocenters. The molecule has 2 fully saturated rings. The SMILES string of the molecule is COC(=O)C1=CN=C2C3CCC(C)(C2N1)C3(C)C. The molecule has 3 unspecified atom stereocenters. The van der Waals surface area contributed by atoms with Crippen LogP contribution < -0.4 is 5.32 Å². The topological polar surface area (TPSA) is 50.7 Å². The normalized spacial score (nSPS) is 39.6. The molecule has 0 aromatic rings. The van der Waals surface area contributed by atoms with Gasteiger partial charge in [0, 0.05) is 11.6 Å². The Balaban J connectivity index is 2.00. The first kappa shape index (κ1) is 11.8. The monoisotopic (exact) mass is 248 g/mol. The summed E-state index contributed by atoms with van der Waals surface area (Å²) < 4.78 is 4.76. The third-order valence-electron chi connectivity index (χ3n) is 5.63. The predicted molar refractivity (Wildman–Crippen MR) is 69.1 cm³/mol. The highest BCUT2D eigenvalue weighted by atomic mass is 16.5. The van der Waals surface area contributed by atoms with Crippen LogP contribution in [0.3, 0.4) is 0 Å². The molecule has 2 bridgehead atoms. The van der Waals surface area contributed by atoms with Crippen molar-refractivity contribution in [1.82, 2.24) is 5.32 Å². The van der Waals surface area contributed by atoms with E-state index >= 15 is 0 Å². The van der Waals surface area contributed by atoms with Crippen LogP contribution in [0, 0.1) is 16.7 Å².